The van der Waals surface area contributed by atoms with Crippen LogP contribution in [0.15, 0.2) is 21.4 Å². The lowest BCUT2D eigenvalue weighted by Gasteiger charge is -2.12. The smallest absolute Gasteiger partial charge is 0.258 e. The summed E-state index contributed by atoms with van der Waals surface area (Å²) in [6.07, 6.45) is 0. The second kappa shape index (κ2) is 5.26. The molecule has 6 nitrogen and oxygen atoms in total. The van der Waals surface area contributed by atoms with Gasteiger partial charge >= 0.3 is 0 Å². The van der Waals surface area contributed by atoms with Gasteiger partial charge < -0.3 is 18.7 Å². The van der Waals surface area contributed by atoms with Crippen LogP contribution in [-0.4, -0.2) is 31.5 Å². The average molecular weight is 315 g/mol. The number of methoxy groups -OCH3 is 3. The van der Waals surface area contributed by atoms with Gasteiger partial charge in [0.05, 0.1) is 21.3 Å². The quantitative estimate of drug-likeness (QED) is 0.864. The number of benzene rings is 1. The number of halogens is 1. The zero-order chi connectivity index (χ0) is 13.1. The fraction of sp³-hybridized carbons (Fsp3) is 0.273. The Labute approximate surface area is 112 Å². The first-order chi connectivity index (χ1) is 8.69. The lowest BCUT2D eigenvalue weighted by Crippen LogP contribution is -1.95. The minimum absolute atomic E-state index is 0.362. The van der Waals surface area contributed by atoms with E-state index in [2.05, 4.69) is 26.1 Å². The SMILES string of the molecule is COc1cc(-c2nc(Br)no2)cc(OC)c1OC. The standard InChI is InChI=1S/C11H11BrN2O4/c1-15-7-4-6(10-13-11(12)14-18-10)5-8(16-2)9(7)17-3/h4-5H,1-3H3. The van der Waals surface area contributed by atoms with Gasteiger partial charge in [-0.15, -0.1) is 0 Å². The van der Waals surface area contributed by atoms with E-state index in [0.717, 1.165) is 0 Å². The fourth-order valence-electron chi connectivity index (χ4n) is 1.53. The van der Waals surface area contributed by atoms with E-state index in [9.17, 15) is 0 Å². The second-order valence-electron chi connectivity index (χ2n) is 3.28. The molecule has 0 aliphatic heterocycles. The number of rotatable bonds is 4. The second-order valence-corrected chi connectivity index (χ2v) is 3.99. The van der Waals surface area contributed by atoms with E-state index in [1.807, 2.05) is 0 Å². The van der Waals surface area contributed by atoms with Crippen molar-refractivity contribution in [3.8, 4) is 28.7 Å². The zero-order valence-electron chi connectivity index (χ0n) is 10.1. The van der Waals surface area contributed by atoms with Gasteiger partial charge in [0.25, 0.3) is 5.89 Å². The first-order valence-corrected chi connectivity index (χ1v) is 5.78. The lowest BCUT2D eigenvalue weighted by molar-refractivity contribution is 0.324. The van der Waals surface area contributed by atoms with Crippen LogP contribution < -0.4 is 14.2 Å². The van der Waals surface area contributed by atoms with Gasteiger partial charge in [0.1, 0.15) is 0 Å². The van der Waals surface area contributed by atoms with Crippen LogP contribution in [-0.2, 0) is 0 Å². The Hall–Kier alpha value is -1.76. The van der Waals surface area contributed by atoms with Gasteiger partial charge in [-0.2, -0.15) is 4.98 Å². The van der Waals surface area contributed by atoms with Gasteiger partial charge in [0.15, 0.2) is 11.5 Å². The maximum absolute atomic E-state index is 5.24. The van der Waals surface area contributed by atoms with Gasteiger partial charge in [-0.3, -0.25) is 0 Å². The van der Waals surface area contributed by atoms with E-state index in [0.29, 0.717) is 33.4 Å². The molecule has 96 valence electrons. The number of nitrogens with zero attached hydrogens (tertiary/aromatic N) is 2. The average Bonchev–Trinajstić information content (AvgIpc) is 2.83. The Morgan fingerprint density at radius 3 is 2.06 bits per heavy atom. The number of hydrogen-bond donors (Lipinski definition) is 0. The van der Waals surface area contributed by atoms with Crippen LogP contribution >= 0.6 is 15.9 Å². The van der Waals surface area contributed by atoms with Crippen LogP contribution in [0.1, 0.15) is 0 Å². The number of ether oxygens (including phenoxy) is 3. The molecule has 2 aromatic rings. The maximum atomic E-state index is 5.24. The summed E-state index contributed by atoms with van der Waals surface area (Å²) < 4.78 is 21.2. The molecule has 2 rings (SSSR count). The van der Waals surface area contributed by atoms with E-state index in [-0.39, 0.29) is 0 Å². The minimum Gasteiger partial charge on any atom is -0.493 e. The summed E-state index contributed by atoms with van der Waals surface area (Å²) in [5.41, 5.74) is 0.683. The van der Waals surface area contributed by atoms with Gasteiger partial charge in [0.2, 0.25) is 10.5 Å². The predicted molar refractivity (Wildman–Crippen MR) is 67.1 cm³/mol. The largest absolute Gasteiger partial charge is 0.493 e. The van der Waals surface area contributed by atoms with Gasteiger partial charge in [-0.1, -0.05) is 0 Å². The highest BCUT2D eigenvalue weighted by molar-refractivity contribution is 9.10. The van der Waals surface area contributed by atoms with Gasteiger partial charge in [-0.05, 0) is 33.2 Å². The van der Waals surface area contributed by atoms with Crippen molar-refractivity contribution in [3.63, 3.8) is 0 Å². The number of aromatic nitrogens is 2. The first-order valence-electron chi connectivity index (χ1n) is 4.99. The van der Waals surface area contributed by atoms with E-state index < -0.39 is 0 Å². The predicted octanol–water partition coefficient (Wildman–Crippen LogP) is 2.52. The normalized spacial score (nSPS) is 10.2. The summed E-state index contributed by atoms with van der Waals surface area (Å²) >= 11 is 3.13. The summed E-state index contributed by atoms with van der Waals surface area (Å²) in [7, 11) is 4.64. The lowest BCUT2D eigenvalue weighted by atomic mass is 10.2. The molecular formula is C11H11BrN2O4. The Bertz CT molecular complexity index is 531. The summed E-state index contributed by atoms with van der Waals surface area (Å²) in [6.45, 7) is 0. The monoisotopic (exact) mass is 314 g/mol. The van der Waals surface area contributed by atoms with Gasteiger partial charge in [0, 0.05) is 5.56 Å². The molecule has 0 aliphatic rings. The Morgan fingerprint density at radius 2 is 1.67 bits per heavy atom. The highest BCUT2D eigenvalue weighted by atomic mass is 79.9. The molecule has 0 aliphatic carbocycles. The Morgan fingerprint density at radius 1 is 1.06 bits per heavy atom. The fourth-order valence-corrected chi connectivity index (χ4v) is 1.76. The summed E-state index contributed by atoms with van der Waals surface area (Å²) in [4.78, 5) is 4.07. The van der Waals surface area contributed by atoms with E-state index in [1.54, 1.807) is 33.5 Å². The Balaban J connectivity index is 2.56. The molecule has 0 amide bonds. The molecule has 0 bridgehead atoms. The van der Waals surface area contributed by atoms with Crippen molar-refractivity contribution >= 4 is 15.9 Å². The van der Waals surface area contributed by atoms with Crippen LogP contribution in [0.2, 0.25) is 0 Å². The molecular weight excluding hydrogens is 304 g/mol. The third-order valence-electron chi connectivity index (χ3n) is 2.31. The van der Waals surface area contributed by atoms with Crippen molar-refractivity contribution in [2.24, 2.45) is 0 Å². The van der Waals surface area contributed by atoms with E-state index in [1.165, 1.54) is 0 Å². The third-order valence-corrected chi connectivity index (χ3v) is 2.64. The highest BCUT2D eigenvalue weighted by Gasteiger charge is 2.17. The molecule has 0 unspecified atom stereocenters. The first kappa shape index (κ1) is 12.7. The van der Waals surface area contributed by atoms with E-state index in [4.69, 9.17) is 18.7 Å². The zero-order valence-corrected chi connectivity index (χ0v) is 11.6. The molecule has 0 fully saturated rings. The van der Waals surface area contributed by atoms with Crippen LogP contribution in [0, 0.1) is 0 Å². The molecule has 1 heterocycles. The van der Waals surface area contributed by atoms with Crippen LogP contribution in [0.3, 0.4) is 0 Å². The third kappa shape index (κ3) is 2.26. The molecule has 0 spiro atoms. The molecule has 1 aromatic carbocycles. The topological polar surface area (TPSA) is 66.6 Å². The van der Waals surface area contributed by atoms with Crippen molar-refractivity contribution in [1.82, 2.24) is 10.1 Å². The molecule has 0 saturated heterocycles. The van der Waals surface area contributed by atoms with Crippen LogP contribution in [0.5, 0.6) is 17.2 Å². The molecule has 0 radical (unpaired) electrons. The molecule has 7 heteroatoms. The van der Waals surface area contributed by atoms with E-state index >= 15 is 0 Å². The molecule has 18 heavy (non-hydrogen) atoms. The molecule has 0 N–H and O–H groups in total. The number of hydrogen-bond acceptors (Lipinski definition) is 6. The summed E-state index contributed by atoms with van der Waals surface area (Å²) in [5, 5.41) is 3.66. The molecule has 0 atom stereocenters. The Kier molecular flexibility index (Phi) is 3.71. The van der Waals surface area contributed by atoms with Crippen LogP contribution in [0.25, 0.3) is 11.5 Å². The highest BCUT2D eigenvalue weighted by Crippen LogP contribution is 2.40. The van der Waals surface area contributed by atoms with Crippen molar-refractivity contribution in [2.75, 3.05) is 21.3 Å². The van der Waals surface area contributed by atoms with Crippen molar-refractivity contribution < 1.29 is 18.7 Å². The van der Waals surface area contributed by atoms with Crippen molar-refractivity contribution in [2.45, 2.75) is 0 Å². The molecule has 1 aromatic heterocycles. The van der Waals surface area contributed by atoms with Gasteiger partial charge in [-0.25, -0.2) is 0 Å². The molecule has 0 saturated carbocycles. The minimum atomic E-state index is 0.362. The summed E-state index contributed by atoms with van der Waals surface area (Å²) in [5.74, 6) is 1.94. The van der Waals surface area contributed by atoms with Crippen LogP contribution in [0.4, 0.5) is 0 Å². The summed E-state index contributed by atoms with van der Waals surface area (Å²) in [6, 6.07) is 3.47. The van der Waals surface area contributed by atoms with Crippen molar-refractivity contribution in [1.29, 1.82) is 0 Å². The van der Waals surface area contributed by atoms with Crippen molar-refractivity contribution in [3.05, 3.63) is 16.9 Å². The maximum Gasteiger partial charge on any atom is 0.258 e.